The lowest BCUT2D eigenvalue weighted by atomic mass is 10.1. The van der Waals surface area contributed by atoms with Gasteiger partial charge in [0.25, 0.3) is 0 Å². The third-order valence-electron chi connectivity index (χ3n) is 3.92. The number of nitrogens with zero attached hydrogens (tertiary/aromatic N) is 5. The van der Waals surface area contributed by atoms with E-state index in [0.29, 0.717) is 0 Å². The second-order valence-corrected chi connectivity index (χ2v) is 5.59. The molecule has 0 saturated carbocycles. The molecule has 7 heteroatoms. The van der Waals surface area contributed by atoms with E-state index in [-0.39, 0.29) is 18.5 Å². The maximum Gasteiger partial charge on any atom is 0.242 e. The summed E-state index contributed by atoms with van der Waals surface area (Å²) < 4.78 is 1.41. The summed E-state index contributed by atoms with van der Waals surface area (Å²) in [6.07, 6.45) is 3.93. The van der Waals surface area contributed by atoms with Gasteiger partial charge in [-0.05, 0) is 47.9 Å². The topological polar surface area (TPSA) is 75.9 Å². The quantitative estimate of drug-likeness (QED) is 0.896. The minimum Gasteiger partial charge on any atom is -0.372 e. The highest BCUT2D eigenvalue weighted by atomic mass is 16.2. The first-order valence-corrected chi connectivity index (χ1v) is 7.57. The second kappa shape index (κ2) is 6.55. The summed E-state index contributed by atoms with van der Waals surface area (Å²) in [5.41, 5.74) is 2.34. The summed E-state index contributed by atoms with van der Waals surface area (Å²) in [6.45, 7) is 4.34. The predicted octanol–water partition coefficient (Wildman–Crippen LogP) is 1.15. The molecule has 0 radical (unpaired) electrons. The molecule has 1 amide bonds. The van der Waals surface area contributed by atoms with E-state index in [1.807, 2.05) is 19.1 Å². The van der Waals surface area contributed by atoms with Gasteiger partial charge in [0.15, 0.2) is 0 Å². The number of carbonyl (C=O) groups is 1. The van der Waals surface area contributed by atoms with Gasteiger partial charge in [0.2, 0.25) is 5.91 Å². The Bertz CT molecular complexity index is 621. The Morgan fingerprint density at radius 1 is 1.36 bits per heavy atom. The van der Waals surface area contributed by atoms with Crippen molar-refractivity contribution in [3.8, 4) is 0 Å². The van der Waals surface area contributed by atoms with Crippen LogP contribution in [0.15, 0.2) is 30.6 Å². The van der Waals surface area contributed by atoms with Gasteiger partial charge in [-0.1, -0.05) is 12.1 Å². The van der Waals surface area contributed by atoms with E-state index in [4.69, 9.17) is 0 Å². The van der Waals surface area contributed by atoms with E-state index in [1.54, 1.807) is 0 Å². The smallest absolute Gasteiger partial charge is 0.242 e. The minimum atomic E-state index is -0.105. The van der Waals surface area contributed by atoms with Crippen molar-refractivity contribution in [3.05, 3.63) is 36.2 Å². The maximum atomic E-state index is 12.0. The highest BCUT2D eigenvalue weighted by molar-refractivity contribution is 5.76. The molecule has 1 fully saturated rings. The molecule has 1 unspecified atom stereocenters. The van der Waals surface area contributed by atoms with Crippen LogP contribution in [0.3, 0.4) is 0 Å². The van der Waals surface area contributed by atoms with Crippen LogP contribution in [0, 0.1) is 0 Å². The number of nitrogens with one attached hydrogen (secondary N) is 1. The van der Waals surface area contributed by atoms with Gasteiger partial charge in [-0.3, -0.25) is 4.79 Å². The highest BCUT2D eigenvalue weighted by Gasteiger charge is 2.15. The van der Waals surface area contributed by atoms with Crippen molar-refractivity contribution in [2.45, 2.75) is 32.4 Å². The molecule has 1 atom stereocenters. The number of benzene rings is 1. The molecule has 7 nitrogen and oxygen atoms in total. The van der Waals surface area contributed by atoms with Crippen LogP contribution in [-0.2, 0) is 11.3 Å². The standard InChI is InChI=1S/C15H20N6O/c1-12(17-15(22)10-21-11-16-18-19-21)13-5-4-6-14(9-13)20-7-2-3-8-20/h4-6,9,11-12H,2-3,7-8,10H2,1H3,(H,17,22). The number of anilines is 1. The van der Waals surface area contributed by atoms with Crippen LogP contribution >= 0.6 is 0 Å². The Morgan fingerprint density at radius 2 is 2.18 bits per heavy atom. The van der Waals surface area contributed by atoms with Crippen LogP contribution in [0.4, 0.5) is 5.69 Å². The first kappa shape index (κ1) is 14.5. The van der Waals surface area contributed by atoms with Crippen LogP contribution in [0.5, 0.6) is 0 Å². The fourth-order valence-corrected chi connectivity index (χ4v) is 2.74. The molecule has 1 aromatic heterocycles. The number of tetrazole rings is 1. The van der Waals surface area contributed by atoms with Gasteiger partial charge in [0, 0.05) is 18.8 Å². The summed E-state index contributed by atoms with van der Waals surface area (Å²) >= 11 is 0. The molecule has 1 saturated heterocycles. The summed E-state index contributed by atoms with van der Waals surface area (Å²) in [7, 11) is 0. The van der Waals surface area contributed by atoms with Gasteiger partial charge in [0.05, 0.1) is 6.04 Å². The van der Waals surface area contributed by atoms with Crippen molar-refractivity contribution in [1.29, 1.82) is 0 Å². The largest absolute Gasteiger partial charge is 0.372 e. The lowest BCUT2D eigenvalue weighted by Crippen LogP contribution is -2.30. The molecule has 0 spiro atoms. The lowest BCUT2D eigenvalue weighted by Gasteiger charge is -2.20. The van der Waals surface area contributed by atoms with Crippen LogP contribution in [0.2, 0.25) is 0 Å². The first-order valence-electron chi connectivity index (χ1n) is 7.57. The molecular formula is C15H20N6O. The molecule has 3 rings (SSSR count). The predicted molar refractivity (Wildman–Crippen MR) is 82.3 cm³/mol. The molecule has 2 heterocycles. The Morgan fingerprint density at radius 3 is 2.91 bits per heavy atom. The van der Waals surface area contributed by atoms with Gasteiger partial charge in [-0.25, -0.2) is 4.68 Å². The average Bonchev–Trinajstić information content (AvgIpc) is 3.20. The number of rotatable bonds is 5. The number of aromatic nitrogens is 4. The number of hydrogen-bond donors (Lipinski definition) is 1. The zero-order valence-corrected chi connectivity index (χ0v) is 12.6. The number of carbonyl (C=O) groups excluding carboxylic acids is 1. The molecule has 116 valence electrons. The van der Waals surface area contributed by atoms with Crippen LogP contribution in [0.1, 0.15) is 31.4 Å². The summed E-state index contributed by atoms with van der Waals surface area (Å²) in [4.78, 5) is 14.4. The van der Waals surface area contributed by atoms with Crippen molar-refractivity contribution in [3.63, 3.8) is 0 Å². The van der Waals surface area contributed by atoms with Crippen molar-refractivity contribution >= 4 is 11.6 Å². The van der Waals surface area contributed by atoms with Gasteiger partial charge in [-0.15, -0.1) is 5.10 Å². The SMILES string of the molecule is CC(NC(=O)Cn1cnnn1)c1cccc(N2CCCC2)c1. The van der Waals surface area contributed by atoms with E-state index in [2.05, 4.69) is 37.9 Å². The fourth-order valence-electron chi connectivity index (χ4n) is 2.74. The van der Waals surface area contributed by atoms with Crippen molar-refractivity contribution in [2.75, 3.05) is 18.0 Å². The summed E-state index contributed by atoms with van der Waals surface area (Å²) in [5.74, 6) is -0.105. The summed E-state index contributed by atoms with van der Waals surface area (Å²) in [5, 5.41) is 13.7. The van der Waals surface area contributed by atoms with E-state index >= 15 is 0 Å². The number of hydrogen-bond acceptors (Lipinski definition) is 5. The van der Waals surface area contributed by atoms with Crippen molar-refractivity contribution in [2.24, 2.45) is 0 Å². The third-order valence-corrected chi connectivity index (χ3v) is 3.92. The molecular weight excluding hydrogens is 280 g/mol. The zero-order chi connectivity index (χ0) is 15.4. The average molecular weight is 300 g/mol. The molecule has 1 aliphatic heterocycles. The van der Waals surface area contributed by atoms with Gasteiger partial charge in [-0.2, -0.15) is 0 Å². The highest BCUT2D eigenvalue weighted by Crippen LogP contribution is 2.23. The Balaban J connectivity index is 1.62. The molecule has 0 bridgehead atoms. The Hall–Kier alpha value is -2.44. The monoisotopic (exact) mass is 300 g/mol. The Labute approximate surface area is 129 Å². The second-order valence-electron chi connectivity index (χ2n) is 5.59. The van der Waals surface area contributed by atoms with E-state index in [1.165, 1.54) is 29.5 Å². The van der Waals surface area contributed by atoms with Gasteiger partial charge in [0.1, 0.15) is 12.9 Å². The zero-order valence-electron chi connectivity index (χ0n) is 12.6. The number of amides is 1. The van der Waals surface area contributed by atoms with Gasteiger partial charge >= 0.3 is 0 Å². The molecule has 0 aliphatic carbocycles. The third kappa shape index (κ3) is 3.41. The molecule has 1 aliphatic rings. The summed E-state index contributed by atoms with van der Waals surface area (Å²) in [6, 6.07) is 8.33. The van der Waals surface area contributed by atoms with Crippen LogP contribution < -0.4 is 10.2 Å². The minimum absolute atomic E-state index is 0.0495. The fraction of sp³-hybridized carbons (Fsp3) is 0.467. The molecule has 1 aromatic carbocycles. The first-order chi connectivity index (χ1) is 10.7. The molecule has 22 heavy (non-hydrogen) atoms. The van der Waals surface area contributed by atoms with Crippen LogP contribution in [0.25, 0.3) is 0 Å². The Kier molecular flexibility index (Phi) is 4.32. The van der Waals surface area contributed by atoms with Gasteiger partial charge < -0.3 is 10.2 Å². The normalized spacial score (nSPS) is 15.8. The van der Waals surface area contributed by atoms with Crippen molar-refractivity contribution in [1.82, 2.24) is 25.5 Å². The van der Waals surface area contributed by atoms with E-state index in [9.17, 15) is 4.79 Å². The van der Waals surface area contributed by atoms with E-state index in [0.717, 1.165) is 18.7 Å². The molecule has 1 N–H and O–H groups in total. The lowest BCUT2D eigenvalue weighted by molar-refractivity contribution is -0.122. The molecule has 2 aromatic rings. The van der Waals surface area contributed by atoms with E-state index < -0.39 is 0 Å². The van der Waals surface area contributed by atoms with Crippen molar-refractivity contribution < 1.29 is 4.79 Å². The van der Waals surface area contributed by atoms with Crippen LogP contribution in [-0.4, -0.2) is 39.2 Å². The maximum absolute atomic E-state index is 12.0.